The minimum atomic E-state index is -1.02. The number of nitrogens with one attached hydrogen (secondary N) is 1. The second-order valence-electron chi connectivity index (χ2n) is 3.17. The van der Waals surface area contributed by atoms with Crippen molar-refractivity contribution >= 4 is 11.8 Å². The van der Waals surface area contributed by atoms with Crippen molar-refractivity contribution in [2.75, 3.05) is 13.2 Å². The summed E-state index contributed by atoms with van der Waals surface area (Å²) in [6, 6.07) is 0. The van der Waals surface area contributed by atoms with E-state index in [4.69, 9.17) is 10.5 Å². The first-order valence-electron chi connectivity index (χ1n) is 4.08. The summed E-state index contributed by atoms with van der Waals surface area (Å²) in [5, 5.41) is 2.45. The zero-order valence-corrected chi connectivity index (χ0v) is 8.22. The molecule has 0 aromatic rings. The molecule has 0 fully saturated rings. The van der Waals surface area contributed by atoms with Gasteiger partial charge in [-0.25, -0.2) is 0 Å². The van der Waals surface area contributed by atoms with Crippen LogP contribution < -0.4 is 11.1 Å². The Bertz CT molecular complexity index is 202. The number of amides is 2. The summed E-state index contributed by atoms with van der Waals surface area (Å²) in [5.41, 5.74) is 4.03. The normalized spacial score (nSPS) is 11.0. The Morgan fingerprint density at radius 3 is 2.38 bits per heavy atom. The lowest BCUT2D eigenvalue weighted by molar-refractivity contribution is -0.132. The van der Waals surface area contributed by atoms with E-state index < -0.39 is 11.4 Å². The molecule has 0 rings (SSSR count). The average molecular weight is 188 g/mol. The largest absolute Gasteiger partial charge is 0.372 e. The quantitative estimate of drug-likeness (QED) is 0.604. The van der Waals surface area contributed by atoms with E-state index in [9.17, 15) is 9.59 Å². The zero-order valence-electron chi connectivity index (χ0n) is 8.22. The van der Waals surface area contributed by atoms with E-state index in [-0.39, 0.29) is 12.5 Å². The van der Waals surface area contributed by atoms with Crippen LogP contribution >= 0.6 is 0 Å². The van der Waals surface area contributed by atoms with Gasteiger partial charge in [0, 0.05) is 6.61 Å². The molecule has 0 radical (unpaired) electrons. The predicted molar refractivity (Wildman–Crippen MR) is 47.9 cm³/mol. The van der Waals surface area contributed by atoms with Crippen molar-refractivity contribution in [3.8, 4) is 0 Å². The Kier molecular flexibility index (Phi) is 4.40. The van der Waals surface area contributed by atoms with Crippen molar-refractivity contribution < 1.29 is 14.3 Å². The summed E-state index contributed by atoms with van der Waals surface area (Å²) in [6.45, 7) is 5.28. The van der Waals surface area contributed by atoms with Crippen molar-refractivity contribution in [1.29, 1.82) is 0 Å². The molecule has 0 bridgehead atoms. The molecule has 5 nitrogen and oxygen atoms in total. The fourth-order valence-electron chi connectivity index (χ4n) is 0.641. The molecule has 2 amide bonds. The molecule has 0 spiro atoms. The molecule has 3 N–H and O–H groups in total. The van der Waals surface area contributed by atoms with Gasteiger partial charge < -0.3 is 15.8 Å². The highest BCUT2D eigenvalue weighted by Crippen LogP contribution is 1.99. The van der Waals surface area contributed by atoms with E-state index in [1.54, 1.807) is 20.8 Å². The van der Waals surface area contributed by atoms with Crippen molar-refractivity contribution in [1.82, 2.24) is 5.32 Å². The van der Waals surface area contributed by atoms with Gasteiger partial charge in [-0.2, -0.15) is 0 Å². The Morgan fingerprint density at radius 1 is 1.46 bits per heavy atom. The topological polar surface area (TPSA) is 81.4 Å². The minimum absolute atomic E-state index is 0.0484. The summed E-state index contributed by atoms with van der Waals surface area (Å²) in [4.78, 5) is 21.9. The third-order valence-corrected chi connectivity index (χ3v) is 1.51. The number of rotatable bonds is 5. The van der Waals surface area contributed by atoms with Crippen molar-refractivity contribution in [3.05, 3.63) is 0 Å². The molecule has 0 aliphatic rings. The summed E-state index contributed by atoms with van der Waals surface area (Å²) >= 11 is 0. The molecule has 0 atom stereocenters. The van der Waals surface area contributed by atoms with Gasteiger partial charge in [0.05, 0.1) is 0 Å². The van der Waals surface area contributed by atoms with E-state index in [1.807, 2.05) is 0 Å². The molecule has 13 heavy (non-hydrogen) atoms. The summed E-state index contributed by atoms with van der Waals surface area (Å²) in [7, 11) is 0. The number of hydrogen-bond acceptors (Lipinski definition) is 3. The van der Waals surface area contributed by atoms with Crippen LogP contribution in [0, 0.1) is 0 Å². The first kappa shape index (κ1) is 11.9. The maximum atomic E-state index is 11.1. The number of carbonyl (C=O) groups excluding carboxylic acids is 2. The van der Waals surface area contributed by atoms with Crippen LogP contribution in [0.1, 0.15) is 20.8 Å². The molecule has 0 aliphatic carbocycles. The van der Waals surface area contributed by atoms with Crippen molar-refractivity contribution in [2.24, 2.45) is 5.73 Å². The van der Waals surface area contributed by atoms with E-state index in [0.29, 0.717) is 6.61 Å². The van der Waals surface area contributed by atoms with E-state index >= 15 is 0 Å². The fourth-order valence-corrected chi connectivity index (χ4v) is 0.641. The number of primary amides is 1. The van der Waals surface area contributed by atoms with Crippen LogP contribution in [0.25, 0.3) is 0 Å². The molecule has 0 saturated heterocycles. The zero-order chi connectivity index (χ0) is 10.5. The molecule has 0 heterocycles. The Morgan fingerprint density at radius 2 is 2.00 bits per heavy atom. The number of carbonyl (C=O) groups is 2. The van der Waals surface area contributed by atoms with Crippen LogP contribution in [0.2, 0.25) is 0 Å². The van der Waals surface area contributed by atoms with Gasteiger partial charge in [0.2, 0.25) is 11.8 Å². The van der Waals surface area contributed by atoms with E-state index in [2.05, 4.69) is 5.32 Å². The summed E-state index contributed by atoms with van der Waals surface area (Å²) in [5.74, 6) is -0.914. The average Bonchev–Trinajstić information content (AvgIpc) is 1.99. The molecular formula is C8H16N2O3. The smallest absolute Gasteiger partial charge is 0.246 e. The lowest BCUT2D eigenvalue weighted by Gasteiger charge is -2.21. The Labute approximate surface area is 77.6 Å². The van der Waals surface area contributed by atoms with Crippen LogP contribution in [0.3, 0.4) is 0 Å². The highest BCUT2D eigenvalue weighted by molar-refractivity contribution is 5.89. The first-order valence-corrected chi connectivity index (χ1v) is 4.08. The molecule has 0 aromatic carbocycles. The molecule has 76 valence electrons. The van der Waals surface area contributed by atoms with Gasteiger partial charge in [0.15, 0.2) is 0 Å². The van der Waals surface area contributed by atoms with Gasteiger partial charge in [0.1, 0.15) is 12.1 Å². The predicted octanol–water partition coefficient (Wildman–Crippen LogP) is -0.597. The van der Waals surface area contributed by atoms with Crippen LogP contribution in [0.15, 0.2) is 0 Å². The third kappa shape index (κ3) is 4.47. The van der Waals surface area contributed by atoms with Crippen molar-refractivity contribution in [2.45, 2.75) is 26.3 Å². The molecular weight excluding hydrogens is 172 g/mol. The number of nitrogens with two attached hydrogens (primary N) is 1. The van der Waals surface area contributed by atoms with E-state index in [1.165, 1.54) is 0 Å². The van der Waals surface area contributed by atoms with Gasteiger partial charge in [0.25, 0.3) is 0 Å². The minimum Gasteiger partial charge on any atom is -0.372 e. The third-order valence-electron chi connectivity index (χ3n) is 1.51. The van der Waals surface area contributed by atoms with Gasteiger partial charge in [-0.15, -0.1) is 0 Å². The standard InChI is InChI=1S/C8H16N2O3/c1-4-13-5-6(11)10-8(2,3)7(9)12/h4-5H2,1-3H3,(H2,9,12)(H,10,11). The SMILES string of the molecule is CCOCC(=O)NC(C)(C)C(N)=O. The van der Waals surface area contributed by atoms with E-state index in [0.717, 1.165) is 0 Å². The number of ether oxygens (including phenoxy) is 1. The second-order valence-corrected chi connectivity index (χ2v) is 3.17. The highest BCUT2D eigenvalue weighted by atomic mass is 16.5. The van der Waals surface area contributed by atoms with Crippen LogP contribution in [0.5, 0.6) is 0 Å². The molecule has 0 saturated carbocycles. The summed E-state index contributed by atoms with van der Waals surface area (Å²) in [6.07, 6.45) is 0. The summed E-state index contributed by atoms with van der Waals surface area (Å²) < 4.78 is 4.86. The molecule has 0 aromatic heterocycles. The highest BCUT2D eigenvalue weighted by Gasteiger charge is 2.26. The molecule has 0 unspecified atom stereocenters. The molecule has 0 aliphatic heterocycles. The lowest BCUT2D eigenvalue weighted by Crippen LogP contribution is -2.53. The fraction of sp³-hybridized carbons (Fsp3) is 0.750. The van der Waals surface area contributed by atoms with Gasteiger partial charge in [-0.1, -0.05) is 0 Å². The number of hydrogen-bond donors (Lipinski definition) is 2. The maximum absolute atomic E-state index is 11.1. The lowest BCUT2D eigenvalue weighted by atomic mass is 10.1. The monoisotopic (exact) mass is 188 g/mol. The van der Waals surface area contributed by atoms with Crippen LogP contribution in [-0.4, -0.2) is 30.6 Å². The maximum Gasteiger partial charge on any atom is 0.246 e. The van der Waals surface area contributed by atoms with Gasteiger partial charge in [-0.3, -0.25) is 9.59 Å². The van der Waals surface area contributed by atoms with Gasteiger partial charge >= 0.3 is 0 Å². The van der Waals surface area contributed by atoms with Crippen LogP contribution in [-0.2, 0) is 14.3 Å². The Balaban J connectivity index is 3.97. The Hall–Kier alpha value is -1.10. The second kappa shape index (κ2) is 4.81. The first-order chi connectivity index (χ1) is 5.90. The van der Waals surface area contributed by atoms with Crippen molar-refractivity contribution in [3.63, 3.8) is 0 Å². The van der Waals surface area contributed by atoms with Gasteiger partial charge in [-0.05, 0) is 20.8 Å². The molecule has 5 heteroatoms. The van der Waals surface area contributed by atoms with Crippen LogP contribution in [0.4, 0.5) is 0 Å².